The number of ketones is 2. The number of benzene rings is 3. The predicted octanol–water partition coefficient (Wildman–Crippen LogP) is 2.41. The molecule has 0 atom stereocenters. The van der Waals surface area contributed by atoms with Crippen LogP contribution in [0.3, 0.4) is 0 Å². The van der Waals surface area contributed by atoms with Crippen LogP contribution in [-0.4, -0.2) is 11.6 Å². The summed E-state index contributed by atoms with van der Waals surface area (Å²) >= 11 is 0. The summed E-state index contributed by atoms with van der Waals surface area (Å²) in [4.78, 5) is 25.7. The molecule has 3 nitrogen and oxygen atoms in total. The van der Waals surface area contributed by atoms with Gasteiger partial charge in [-0.15, -0.1) is 0 Å². The lowest BCUT2D eigenvalue weighted by atomic mass is 9.96. The topological polar surface area (TPSA) is 51.2 Å². The van der Waals surface area contributed by atoms with Gasteiger partial charge in [0, 0.05) is 38.2 Å². The highest BCUT2D eigenvalue weighted by atomic mass is 31.2. The van der Waals surface area contributed by atoms with E-state index in [-0.39, 0.29) is 11.6 Å². The van der Waals surface area contributed by atoms with E-state index in [1.165, 1.54) is 0 Å². The zero-order valence-corrected chi connectivity index (χ0v) is 13.4. The van der Waals surface area contributed by atoms with Gasteiger partial charge in [-0.25, -0.2) is 0 Å². The highest BCUT2D eigenvalue weighted by Gasteiger charge is 2.47. The molecule has 2 heterocycles. The monoisotopic (exact) mass is 330 g/mol. The molecule has 0 aliphatic carbocycles. The molecular formula is C20H11O3P. The van der Waals surface area contributed by atoms with Crippen molar-refractivity contribution in [2.24, 2.45) is 0 Å². The second kappa shape index (κ2) is 4.40. The Kier molecular flexibility index (Phi) is 2.50. The molecule has 5 rings (SSSR count). The summed E-state index contributed by atoms with van der Waals surface area (Å²) in [6.45, 7) is 0. The van der Waals surface area contributed by atoms with Gasteiger partial charge < -0.3 is 4.57 Å². The lowest BCUT2D eigenvalue weighted by Gasteiger charge is -2.33. The summed E-state index contributed by atoms with van der Waals surface area (Å²) in [6.07, 6.45) is 0. The molecule has 0 radical (unpaired) electrons. The van der Waals surface area contributed by atoms with Crippen molar-refractivity contribution in [3.05, 3.63) is 89.0 Å². The fourth-order valence-electron chi connectivity index (χ4n) is 3.79. The van der Waals surface area contributed by atoms with Crippen molar-refractivity contribution in [3.8, 4) is 0 Å². The quantitative estimate of drug-likeness (QED) is 0.410. The van der Waals surface area contributed by atoms with Crippen LogP contribution in [0, 0.1) is 0 Å². The molecule has 0 bridgehead atoms. The zero-order chi connectivity index (χ0) is 16.5. The van der Waals surface area contributed by atoms with Gasteiger partial charge in [-0.2, -0.15) is 0 Å². The molecule has 0 saturated carbocycles. The first-order valence-corrected chi connectivity index (χ1v) is 9.37. The van der Waals surface area contributed by atoms with Crippen LogP contribution >= 0.6 is 7.14 Å². The Morgan fingerprint density at radius 1 is 0.542 bits per heavy atom. The molecule has 0 saturated heterocycles. The van der Waals surface area contributed by atoms with Gasteiger partial charge in [0.2, 0.25) is 0 Å². The first kappa shape index (κ1) is 13.6. The molecule has 0 unspecified atom stereocenters. The lowest BCUT2D eigenvalue weighted by molar-refractivity contribution is 0.103. The molecule has 2 aliphatic rings. The van der Waals surface area contributed by atoms with Crippen molar-refractivity contribution in [2.45, 2.75) is 0 Å². The van der Waals surface area contributed by atoms with Crippen LogP contribution in [0.15, 0.2) is 66.7 Å². The average molecular weight is 330 g/mol. The van der Waals surface area contributed by atoms with Crippen molar-refractivity contribution in [3.63, 3.8) is 0 Å². The van der Waals surface area contributed by atoms with Crippen LogP contribution in [0.2, 0.25) is 0 Å². The summed E-state index contributed by atoms with van der Waals surface area (Å²) in [5.41, 5.74) is 1.71. The SMILES string of the molecule is O=C1c2ccccc2P2(=O)c3ccccc3C(=O)c3cccc1c32. The third-order valence-corrected chi connectivity index (χ3v) is 8.06. The van der Waals surface area contributed by atoms with Gasteiger partial charge in [-0.05, 0) is 0 Å². The minimum Gasteiger partial charge on any atom is -0.309 e. The summed E-state index contributed by atoms with van der Waals surface area (Å²) in [7, 11) is -3.23. The molecule has 3 aromatic carbocycles. The van der Waals surface area contributed by atoms with E-state index in [1.807, 2.05) is 0 Å². The van der Waals surface area contributed by atoms with Gasteiger partial charge in [-0.1, -0.05) is 66.7 Å². The third-order valence-electron chi connectivity index (χ3n) is 4.82. The molecule has 0 fully saturated rings. The highest BCUT2D eigenvalue weighted by Crippen LogP contribution is 2.51. The molecular weight excluding hydrogens is 319 g/mol. The summed E-state index contributed by atoms with van der Waals surface area (Å²) in [5.74, 6) is -0.331. The second-order valence-electron chi connectivity index (χ2n) is 6.00. The maximum Gasteiger partial charge on any atom is 0.194 e. The minimum absolute atomic E-state index is 0.166. The van der Waals surface area contributed by atoms with Crippen LogP contribution in [0.5, 0.6) is 0 Å². The van der Waals surface area contributed by atoms with Crippen molar-refractivity contribution in [1.82, 2.24) is 0 Å². The van der Waals surface area contributed by atoms with E-state index < -0.39 is 7.14 Å². The van der Waals surface area contributed by atoms with Gasteiger partial charge in [-0.3, -0.25) is 9.59 Å². The van der Waals surface area contributed by atoms with E-state index in [1.54, 1.807) is 66.7 Å². The van der Waals surface area contributed by atoms with Crippen LogP contribution in [0.25, 0.3) is 0 Å². The van der Waals surface area contributed by atoms with Gasteiger partial charge >= 0.3 is 0 Å². The maximum absolute atomic E-state index is 14.3. The van der Waals surface area contributed by atoms with Gasteiger partial charge in [0.05, 0.1) is 0 Å². The number of carbonyl (C=O) groups is 2. The van der Waals surface area contributed by atoms with E-state index in [0.717, 1.165) is 0 Å². The Morgan fingerprint density at radius 3 is 1.46 bits per heavy atom. The van der Waals surface area contributed by atoms with E-state index in [2.05, 4.69) is 0 Å². The average Bonchev–Trinajstić information content (AvgIpc) is 2.64. The smallest absolute Gasteiger partial charge is 0.194 e. The van der Waals surface area contributed by atoms with Crippen molar-refractivity contribution < 1.29 is 14.2 Å². The van der Waals surface area contributed by atoms with E-state index in [0.29, 0.717) is 38.2 Å². The van der Waals surface area contributed by atoms with Crippen LogP contribution in [0.4, 0.5) is 0 Å². The molecule has 24 heavy (non-hydrogen) atoms. The Balaban J connectivity index is 2.04. The second-order valence-corrected chi connectivity index (χ2v) is 8.63. The normalized spacial score (nSPS) is 16.2. The molecule has 0 amide bonds. The number of fused-ring (bicyclic) bond motifs is 4. The molecule has 114 valence electrons. The first-order valence-electron chi connectivity index (χ1n) is 7.66. The molecule has 0 N–H and O–H groups in total. The molecule has 4 heteroatoms. The van der Waals surface area contributed by atoms with Crippen LogP contribution in [-0.2, 0) is 4.57 Å². The van der Waals surface area contributed by atoms with Crippen LogP contribution < -0.4 is 15.9 Å². The Hall–Kier alpha value is -2.77. The Labute approximate surface area is 138 Å². The summed E-state index contributed by atoms with van der Waals surface area (Å²) < 4.78 is 14.3. The minimum atomic E-state index is -3.23. The molecule has 0 spiro atoms. The predicted molar refractivity (Wildman–Crippen MR) is 92.7 cm³/mol. The zero-order valence-electron chi connectivity index (χ0n) is 12.5. The Morgan fingerprint density at radius 2 is 0.958 bits per heavy atom. The van der Waals surface area contributed by atoms with Crippen molar-refractivity contribution in [1.29, 1.82) is 0 Å². The first-order chi connectivity index (χ1) is 11.6. The molecule has 2 aliphatic heterocycles. The van der Waals surface area contributed by atoms with E-state index in [4.69, 9.17) is 0 Å². The van der Waals surface area contributed by atoms with Gasteiger partial charge in [0.15, 0.2) is 18.7 Å². The van der Waals surface area contributed by atoms with E-state index in [9.17, 15) is 14.2 Å². The standard InChI is InChI=1S/C20H11O3P/c21-18-12-6-1-3-10-16(12)24(23)17-11-4-2-7-13(17)19(22)15-9-5-8-14(18)20(15)24/h1-11H. The largest absolute Gasteiger partial charge is 0.309 e. The molecule has 0 aromatic heterocycles. The molecule has 3 aromatic rings. The Bertz CT molecular complexity index is 1050. The lowest BCUT2D eigenvalue weighted by Crippen LogP contribution is -2.44. The van der Waals surface area contributed by atoms with Crippen molar-refractivity contribution >= 4 is 34.6 Å². The fraction of sp³-hybridized carbons (Fsp3) is 0. The van der Waals surface area contributed by atoms with E-state index >= 15 is 0 Å². The third kappa shape index (κ3) is 1.41. The number of rotatable bonds is 0. The highest BCUT2D eigenvalue weighted by molar-refractivity contribution is 7.86. The summed E-state index contributed by atoms with van der Waals surface area (Å²) in [6, 6.07) is 19.1. The number of hydrogen-bond donors (Lipinski definition) is 0. The van der Waals surface area contributed by atoms with Gasteiger partial charge in [0.1, 0.15) is 0 Å². The summed E-state index contributed by atoms with van der Waals surface area (Å²) in [5, 5.41) is 1.49. The van der Waals surface area contributed by atoms with Crippen LogP contribution in [0.1, 0.15) is 31.8 Å². The maximum atomic E-state index is 14.3. The van der Waals surface area contributed by atoms with Crippen molar-refractivity contribution in [2.75, 3.05) is 0 Å². The number of carbonyl (C=O) groups excluding carboxylic acids is 2. The number of hydrogen-bond acceptors (Lipinski definition) is 3. The van der Waals surface area contributed by atoms with Gasteiger partial charge in [0.25, 0.3) is 0 Å². The fourth-order valence-corrected chi connectivity index (χ4v) is 7.19.